The molecule has 1 aliphatic rings. The van der Waals surface area contributed by atoms with Crippen LogP contribution in [-0.2, 0) is 0 Å². The second-order valence-electron chi connectivity index (χ2n) is 3.44. The van der Waals surface area contributed by atoms with Gasteiger partial charge >= 0.3 is 5.51 Å². The van der Waals surface area contributed by atoms with Gasteiger partial charge in [0.05, 0.1) is 0 Å². The lowest BCUT2D eigenvalue weighted by Crippen LogP contribution is -2.18. The van der Waals surface area contributed by atoms with Crippen molar-refractivity contribution in [3.05, 3.63) is 34.7 Å². The number of alkyl halides is 3. The molecule has 1 aromatic rings. The molecule has 84 valence electrons. The van der Waals surface area contributed by atoms with E-state index in [9.17, 15) is 13.2 Å². The predicted molar refractivity (Wildman–Crippen MR) is 57.6 cm³/mol. The van der Waals surface area contributed by atoms with E-state index in [1.54, 1.807) is 12.1 Å². The summed E-state index contributed by atoms with van der Waals surface area (Å²) >= 11 is 0. The van der Waals surface area contributed by atoms with Crippen molar-refractivity contribution in [1.82, 2.24) is 0 Å². The van der Waals surface area contributed by atoms with Gasteiger partial charge < -0.3 is 0 Å². The maximum atomic E-state index is 13.1. The lowest BCUT2D eigenvalue weighted by Gasteiger charge is -2.32. The highest BCUT2D eigenvalue weighted by Gasteiger charge is 2.56. The van der Waals surface area contributed by atoms with Crippen LogP contribution in [-0.4, -0.2) is 5.51 Å². The Morgan fingerprint density at radius 1 is 1.25 bits per heavy atom. The quantitative estimate of drug-likeness (QED) is 0.626. The van der Waals surface area contributed by atoms with Gasteiger partial charge in [0, 0.05) is 4.90 Å². The normalized spacial score (nSPS) is 27.6. The number of halogens is 3. The molecule has 0 radical (unpaired) electrons. The Labute approximate surface area is 92.5 Å². The van der Waals surface area contributed by atoms with Gasteiger partial charge in [-0.2, -0.15) is 18.4 Å². The molecular formula is C11H8F3NS. The number of allylic oxidation sites excluding steroid dienone is 1. The maximum absolute atomic E-state index is 13.1. The van der Waals surface area contributed by atoms with Crippen molar-refractivity contribution in [2.24, 2.45) is 0 Å². The molecule has 1 nitrogen and oxygen atoms in total. The first-order valence-electron chi connectivity index (χ1n) is 4.51. The van der Waals surface area contributed by atoms with Crippen LogP contribution in [0, 0.1) is 10.7 Å². The van der Waals surface area contributed by atoms with Crippen molar-refractivity contribution >= 4 is 16.1 Å². The lowest BCUT2D eigenvalue weighted by molar-refractivity contribution is -0.0365. The molecule has 16 heavy (non-hydrogen) atoms. The minimum Gasteiger partial charge on any atom is -0.186 e. The van der Waals surface area contributed by atoms with E-state index >= 15 is 0 Å². The van der Waals surface area contributed by atoms with Crippen LogP contribution >= 0.6 is 10.0 Å². The topological polar surface area (TPSA) is 23.8 Å². The third-order valence-electron chi connectivity index (χ3n) is 2.57. The SMILES string of the molecule is CC1=Cc2ccccc2S1(C#N)C(F)(F)F. The molecule has 0 saturated heterocycles. The Balaban J connectivity index is 2.76. The number of nitrogens with zero attached hydrogens (tertiary/aromatic N) is 1. The molecule has 5 heteroatoms. The Kier molecular flexibility index (Phi) is 2.28. The highest BCUT2D eigenvalue weighted by atomic mass is 32.3. The van der Waals surface area contributed by atoms with Crippen molar-refractivity contribution < 1.29 is 13.2 Å². The average Bonchev–Trinajstić information content (AvgIpc) is 2.49. The predicted octanol–water partition coefficient (Wildman–Crippen LogP) is 4.23. The first kappa shape index (κ1) is 11.1. The first-order chi connectivity index (χ1) is 7.43. The Hall–Kier alpha value is -1.41. The molecule has 1 unspecified atom stereocenters. The van der Waals surface area contributed by atoms with E-state index in [0.717, 1.165) is 0 Å². The minimum absolute atomic E-state index is 0.113. The van der Waals surface area contributed by atoms with E-state index in [-0.39, 0.29) is 9.80 Å². The van der Waals surface area contributed by atoms with Crippen molar-refractivity contribution in [2.45, 2.75) is 17.3 Å². The zero-order chi connectivity index (χ0) is 12.0. The van der Waals surface area contributed by atoms with Crippen LogP contribution in [0.5, 0.6) is 0 Å². The number of hydrogen-bond donors (Lipinski definition) is 0. The van der Waals surface area contributed by atoms with Crippen LogP contribution in [0.1, 0.15) is 12.5 Å². The molecule has 0 aromatic heterocycles. The minimum atomic E-state index is -4.51. The lowest BCUT2D eigenvalue weighted by atomic mass is 10.2. The van der Waals surface area contributed by atoms with Crippen molar-refractivity contribution in [3.63, 3.8) is 0 Å². The smallest absolute Gasteiger partial charge is 0.186 e. The van der Waals surface area contributed by atoms with Crippen LogP contribution in [0.4, 0.5) is 13.2 Å². The summed E-state index contributed by atoms with van der Waals surface area (Å²) in [6.45, 7) is 1.38. The molecule has 0 spiro atoms. The number of fused-ring (bicyclic) bond motifs is 1. The molecule has 1 atom stereocenters. The molecular weight excluding hydrogens is 235 g/mol. The van der Waals surface area contributed by atoms with Gasteiger partial charge in [0.15, 0.2) is 0 Å². The van der Waals surface area contributed by atoms with Crippen LogP contribution in [0.2, 0.25) is 0 Å². The highest BCUT2D eigenvalue weighted by molar-refractivity contribution is 8.41. The van der Waals surface area contributed by atoms with Gasteiger partial charge in [0.25, 0.3) is 0 Å². The molecule has 0 fully saturated rings. The van der Waals surface area contributed by atoms with Gasteiger partial charge in [0.2, 0.25) is 0 Å². The first-order valence-corrected chi connectivity index (χ1v) is 6.14. The molecule has 1 aliphatic heterocycles. The van der Waals surface area contributed by atoms with E-state index in [2.05, 4.69) is 0 Å². The third kappa shape index (κ3) is 1.20. The van der Waals surface area contributed by atoms with Crippen LogP contribution in [0.3, 0.4) is 0 Å². The maximum Gasteiger partial charge on any atom is 0.445 e. The number of hydrogen-bond acceptors (Lipinski definition) is 1. The van der Waals surface area contributed by atoms with E-state index in [1.807, 2.05) is 0 Å². The zero-order valence-corrected chi connectivity index (χ0v) is 9.19. The highest BCUT2D eigenvalue weighted by Crippen LogP contribution is 2.75. The van der Waals surface area contributed by atoms with E-state index in [4.69, 9.17) is 5.26 Å². The van der Waals surface area contributed by atoms with Gasteiger partial charge in [-0.15, -0.1) is 0 Å². The van der Waals surface area contributed by atoms with Crippen molar-refractivity contribution in [1.29, 1.82) is 5.26 Å². The van der Waals surface area contributed by atoms with Gasteiger partial charge in [-0.25, -0.2) is 0 Å². The number of benzene rings is 1. The molecule has 0 bridgehead atoms. The molecule has 1 aromatic carbocycles. The average molecular weight is 243 g/mol. The number of thiocyanates is 1. The van der Waals surface area contributed by atoms with Gasteiger partial charge in [-0.3, -0.25) is 0 Å². The van der Waals surface area contributed by atoms with Crippen LogP contribution in [0.25, 0.3) is 6.08 Å². The van der Waals surface area contributed by atoms with Crippen molar-refractivity contribution in [2.75, 3.05) is 0 Å². The Morgan fingerprint density at radius 3 is 2.44 bits per heavy atom. The fourth-order valence-corrected chi connectivity index (χ4v) is 4.21. The second kappa shape index (κ2) is 3.29. The zero-order valence-electron chi connectivity index (χ0n) is 8.38. The summed E-state index contributed by atoms with van der Waals surface area (Å²) in [5.74, 6) is 0. The summed E-state index contributed by atoms with van der Waals surface area (Å²) < 4.78 is 39.4. The third-order valence-corrected chi connectivity index (χ3v) is 5.66. The van der Waals surface area contributed by atoms with E-state index in [0.29, 0.717) is 5.56 Å². The summed E-state index contributed by atoms with van der Waals surface area (Å²) in [5, 5.41) is 10.5. The monoisotopic (exact) mass is 243 g/mol. The molecule has 0 aliphatic carbocycles. The largest absolute Gasteiger partial charge is 0.445 e. The Morgan fingerprint density at radius 2 is 1.88 bits per heavy atom. The van der Waals surface area contributed by atoms with Crippen LogP contribution in [0.15, 0.2) is 34.1 Å². The van der Waals surface area contributed by atoms with E-state index in [1.165, 1.54) is 30.5 Å². The second-order valence-corrected chi connectivity index (χ2v) is 6.40. The van der Waals surface area contributed by atoms with Gasteiger partial charge in [-0.05, 0) is 39.6 Å². The fraction of sp³-hybridized carbons (Fsp3) is 0.182. The molecule has 0 N–H and O–H groups in total. The van der Waals surface area contributed by atoms with Gasteiger partial charge in [0.1, 0.15) is 5.40 Å². The van der Waals surface area contributed by atoms with Crippen molar-refractivity contribution in [3.8, 4) is 5.40 Å². The summed E-state index contributed by atoms with van der Waals surface area (Å²) in [6.07, 6.45) is 1.46. The fourth-order valence-electron chi connectivity index (χ4n) is 1.84. The number of rotatable bonds is 0. The molecule has 0 amide bonds. The van der Waals surface area contributed by atoms with Gasteiger partial charge in [-0.1, -0.05) is 18.2 Å². The summed E-state index contributed by atoms with van der Waals surface area (Å²) in [5.41, 5.74) is -4.00. The molecule has 1 heterocycles. The number of nitriles is 1. The summed E-state index contributed by atoms with van der Waals surface area (Å²) in [4.78, 5) is 0.228. The summed E-state index contributed by atoms with van der Waals surface area (Å²) in [6, 6.07) is 6.22. The summed E-state index contributed by atoms with van der Waals surface area (Å²) in [7, 11) is -3.49. The molecule has 2 rings (SSSR count). The van der Waals surface area contributed by atoms with E-state index < -0.39 is 15.5 Å². The van der Waals surface area contributed by atoms with Crippen LogP contribution < -0.4 is 0 Å². The Bertz CT molecular complexity index is 513. The standard InChI is InChI=1S/C11H8F3NS/c1-8-6-9-4-2-3-5-10(9)16(8,7-15)11(12,13)14/h2-6H,1H3. The molecule has 0 saturated carbocycles.